The van der Waals surface area contributed by atoms with Crippen LogP contribution in [0.1, 0.15) is 30.9 Å². The Morgan fingerprint density at radius 3 is 2.67 bits per heavy atom. The van der Waals surface area contributed by atoms with Crippen LogP contribution in [-0.2, 0) is 11.3 Å². The highest BCUT2D eigenvalue weighted by molar-refractivity contribution is 7.99. The number of nitrogens with zero attached hydrogens (tertiary/aromatic N) is 3. The molecule has 1 N–H and O–H groups in total. The number of aliphatic carboxylic acids is 1. The number of hydrogen-bond acceptors (Lipinski definition) is 4. The molecule has 0 atom stereocenters. The summed E-state index contributed by atoms with van der Waals surface area (Å²) in [4.78, 5) is 10.8. The van der Waals surface area contributed by atoms with Crippen molar-refractivity contribution in [2.24, 2.45) is 0 Å². The molecule has 0 aliphatic heterocycles. The highest BCUT2D eigenvalue weighted by Crippen LogP contribution is 2.29. The number of benzene rings is 2. The van der Waals surface area contributed by atoms with E-state index in [4.69, 9.17) is 5.11 Å². The van der Waals surface area contributed by atoms with Gasteiger partial charge in [-0.25, -0.2) is 0 Å². The summed E-state index contributed by atoms with van der Waals surface area (Å²) in [5, 5.41) is 19.9. The van der Waals surface area contributed by atoms with Crippen LogP contribution >= 0.6 is 11.8 Å². The van der Waals surface area contributed by atoms with Gasteiger partial charge in [0.2, 0.25) is 0 Å². The SMILES string of the molecule is CC(C)c1ccc(Cn2cnnc2SCC(=O)O)c2ccccc12. The van der Waals surface area contributed by atoms with Gasteiger partial charge in [0.15, 0.2) is 5.16 Å². The van der Waals surface area contributed by atoms with Crippen LogP contribution in [0.2, 0.25) is 0 Å². The lowest BCUT2D eigenvalue weighted by Crippen LogP contribution is -2.04. The molecule has 0 radical (unpaired) electrons. The van der Waals surface area contributed by atoms with Crippen molar-refractivity contribution in [3.8, 4) is 0 Å². The van der Waals surface area contributed by atoms with Crippen molar-refractivity contribution in [3.05, 3.63) is 53.9 Å². The molecule has 0 saturated heterocycles. The van der Waals surface area contributed by atoms with E-state index in [0.717, 1.165) is 0 Å². The van der Waals surface area contributed by atoms with Gasteiger partial charge in [-0.3, -0.25) is 4.79 Å². The Labute approximate surface area is 144 Å². The molecule has 2 aromatic carbocycles. The van der Waals surface area contributed by atoms with Gasteiger partial charge in [0.1, 0.15) is 6.33 Å². The summed E-state index contributed by atoms with van der Waals surface area (Å²) < 4.78 is 1.89. The summed E-state index contributed by atoms with van der Waals surface area (Å²) in [5.41, 5.74) is 2.51. The molecule has 0 aliphatic carbocycles. The van der Waals surface area contributed by atoms with E-state index in [1.165, 1.54) is 33.7 Å². The van der Waals surface area contributed by atoms with Crippen molar-refractivity contribution >= 4 is 28.5 Å². The van der Waals surface area contributed by atoms with Crippen molar-refractivity contribution in [2.45, 2.75) is 31.5 Å². The average molecular weight is 341 g/mol. The van der Waals surface area contributed by atoms with E-state index in [2.05, 4.69) is 54.4 Å². The standard InChI is InChI=1S/C18H19N3O2S/c1-12(2)14-8-7-13(15-5-3-4-6-16(14)15)9-21-11-19-20-18(21)24-10-17(22)23/h3-8,11-12H,9-10H2,1-2H3,(H,22,23). The molecule has 0 bridgehead atoms. The summed E-state index contributed by atoms with van der Waals surface area (Å²) >= 11 is 1.18. The lowest BCUT2D eigenvalue weighted by atomic mass is 9.93. The Hall–Kier alpha value is -2.34. The predicted molar refractivity (Wildman–Crippen MR) is 95.5 cm³/mol. The summed E-state index contributed by atoms with van der Waals surface area (Å²) in [7, 11) is 0. The lowest BCUT2D eigenvalue weighted by molar-refractivity contribution is -0.133. The number of carboxylic acids is 1. The zero-order valence-electron chi connectivity index (χ0n) is 13.6. The quantitative estimate of drug-likeness (QED) is 0.691. The zero-order chi connectivity index (χ0) is 17.1. The second-order valence-corrected chi connectivity index (χ2v) is 6.88. The van der Waals surface area contributed by atoms with Crippen LogP contribution in [0.15, 0.2) is 47.9 Å². The molecule has 0 fully saturated rings. The highest BCUT2D eigenvalue weighted by atomic mass is 32.2. The molecule has 3 aromatic rings. The molecule has 0 amide bonds. The third kappa shape index (κ3) is 3.43. The number of rotatable bonds is 6. The Balaban J connectivity index is 1.96. The molecule has 0 saturated carbocycles. The second kappa shape index (κ2) is 7.05. The van der Waals surface area contributed by atoms with Crippen LogP contribution in [0, 0.1) is 0 Å². The van der Waals surface area contributed by atoms with E-state index >= 15 is 0 Å². The Bertz CT molecular complexity index is 874. The highest BCUT2D eigenvalue weighted by Gasteiger charge is 2.12. The fraction of sp³-hybridized carbons (Fsp3) is 0.278. The topological polar surface area (TPSA) is 68.0 Å². The molecule has 3 rings (SSSR count). The van der Waals surface area contributed by atoms with Gasteiger partial charge in [0.05, 0.1) is 12.3 Å². The minimum atomic E-state index is -0.860. The Morgan fingerprint density at radius 1 is 1.21 bits per heavy atom. The number of aromatic nitrogens is 3. The van der Waals surface area contributed by atoms with E-state index in [1.54, 1.807) is 6.33 Å². The minimum Gasteiger partial charge on any atom is -0.481 e. The first-order valence-corrected chi connectivity index (χ1v) is 8.77. The third-order valence-corrected chi connectivity index (χ3v) is 4.88. The van der Waals surface area contributed by atoms with Crippen LogP contribution in [0.3, 0.4) is 0 Å². The first kappa shape index (κ1) is 16.5. The normalized spacial score (nSPS) is 11.3. The van der Waals surface area contributed by atoms with Crippen LogP contribution in [0.5, 0.6) is 0 Å². The minimum absolute atomic E-state index is 0.0221. The van der Waals surface area contributed by atoms with Gasteiger partial charge in [0.25, 0.3) is 0 Å². The summed E-state index contributed by atoms with van der Waals surface area (Å²) in [6.45, 7) is 5.01. The van der Waals surface area contributed by atoms with Crippen LogP contribution in [0.25, 0.3) is 10.8 Å². The van der Waals surface area contributed by atoms with Gasteiger partial charge >= 0.3 is 5.97 Å². The fourth-order valence-electron chi connectivity index (χ4n) is 2.80. The molecule has 0 aliphatic rings. The van der Waals surface area contributed by atoms with E-state index in [0.29, 0.717) is 17.6 Å². The van der Waals surface area contributed by atoms with E-state index in [9.17, 15) is 4.79 Å². The molecular formula is C18H19N3O2S. The maximum atomic E-state index is 10.8. The van der Waals surface area contributed by atoms with Crippen molar-refractivity contribution < 1.29 is 9.90 Å². The van der Waals surface area contributed by atoms with Gasteiger partial charge in [-0.05, 0) is 27.8 Å². The first-order chi connectivity index (χ1) is 11.6. The third-order valence-electron chi connectivity index (χ3n) is 3.92. The number of carbonyl (C=O) groups is 1. The molecular weight excluding hydrogens is 322 g/mol. The van der Waals surface area contributed by atoms with Crippen LogP contribution in [-0.4, -0.2) is 31.6 Å². The number of fused-ring (bicyclic) bond motifs is 1. The van der Waals surface area contributed by atoms with Crippen molar-refractivity contribution in [1.82, 2.24) is 14.8 Å². The fourth-order valence-corrected chi connectivity index (χ4v) is 3.44. The van der Waals surface area contributed by atoms with Gasteiger partial charge in [0, 0.05) is 0 Å². The molecule has 6 heteroatoms. The maximum Gasteiger partial charge on any atom is 0.313 e. The summed E-state index contributed by atoms with van der Waals surface area (Å²) in [6.07, 6.45) is 1.65. The van der Waals surface area contributed by atoms with E-state index in [-0.39, 0.29) is 5.75 Å². The van der Waals surface area contributed by atoms with Crippen LogP contribution in [0.4, 0.5) is 0 Å². The van der Waals surface area contributed by atoms with Gasteiger partial charge in [-0.1, -0.05) is 62.0 Å². The molecule has 124 valence electrons. The number of carboxylic acid groups (broad SMARTS) is 1. The molecule has 0 spiro atoms. The van der Waals surface area contributed by atoms with Crippen molar-refractivity contribution in [3.63, 3.8) is 0 Å². The van der Waals surface area contributed by atoms with E-state index < -0.39 is 5.97 Å². The smallest absolute Gasteiger partial charge is 0.313 e. The molecule has 1 heterocycles. The molecule has 1 aromatic heterocycles. The molecule has 5 nitrogen and oxygen atoms in total. The van der Waals surface area contributed by atoms with Gasteiger partial charge in [-0.15, -0.1) is 10.2 Å². The maximum absolute atomic E-state index is 10.8. The van der Waals surface area contributed by atoms with Crippen molar-refractivity contribution in [2.75, 3.05) is 5.75 Å². The number of thioether (sulfide) groups is 1. The monoisotopic (exact) mass is 341 g/mol. The molecule has 0 unspecified atom stereocenters. The zero-order valence-corrected chi connectivity index (χ0v) is 14.5. The summed E-state index contributed by atoms with van der Waals surface area (Å²) in [5.74, 6) is -0.423. The average Bonchev–Trinajstić information content (AvgIpc) is 3.00. The predicted octanol–water partition coefficient (Wildman–Crippen LogP) is 3.78. The second-order valence-electron chi connectivity index (χ2n) is 5.94. The largest absolute Gasteiger partial charge is 0.481 e. The lowest BCUT2D eigenvalue weighted by Gasteiger charge is -2.14. The van der Waals surface area contributed by atoms with Gasteiger partial charge < -0.3 is 9.67 Å². The Morgan fingerprint density at radius 2 is 1.96 bits per heavy atom. The summed E-state index contributed by atoms with van der Waals surface area (Å²) in [6, 6.07) is 12.7. The molecule has 24 heavy (non-hydrogen) atoms. The van der Waals surface area contributed by atoms with E-state index in [1.807, 2.05) is 10.6 Å². The number of hydrogen-bond donors (Lipinski definition) is 1. The van der Waals surface area contributed by atoms with Gasteiger partial charge in [-0.2, -0.15) is 0 Å². The Kier molecular flexibility index (Phi) is 4.85. The van der Waals surface area contributed by atoms with Crippen LogP contribution < -0.4 is 0 Å². The first-order valence-electron chi connectivity index (χ1n) is 7.79. The van der Waals surface area contributed by atoms with Crippen molar-refractivity contribution in [1.29, 1.82) is 0 Å².